The average molecular weight is 371 g/mol. The highest BCUT2D eigenvalue weighted by atomic mass is 16.6. The van der Waals surface area contributed by atoms with E-state index in [1.165, 1.54) is 12.1 Å². The first-order chi connectivity index (χ1) is 13.0. The zero-order valence-electron chi connectivity index (χ0n) is 15.4. The number of nitrogens with one attached hydrogen (secondary N) is 1. The van der Waals surface area contributed by atoms with E-state index in [1.54, 1.807) is 30.7 Å². The van der Waals surface area contributed by atoms with Crippen molar-refractivity contribution in [2.45, 2.75) is 39.7 Å². The molecule has 0 bridgehead atoms. The summed E-state index contributed by atoms with van der Waals surface area (Å²) in [7, 11) is 0. The Hall–Kier alpha value is -3.23. The number of anilines is 1. The van der Waals surface area contributed by atoms with Crippen LogP contribution in [0.15, 0.2) is 35.5 Å². The van der Waals surface area contributed by atoms with E-state index in [-0.39, 0.29) is 12.3 Å². The zero-order valence-corrected chi connectivity index (χ0v) is 15.4. The van der Waals surface area contributed by atoms with Crippen LogP contribution in [0.4, 0.5) is 11.6 Å². The first kappa shape index (κ1) is 18.6. The first-order valence-corrected chi connectivity index (χ1v) is 8.80. The van der Waals surface area contributed by atoms with Gasteiger partial charge in [-0.25, -0.2) is 9.48 Å². The largest absolute Gasteiger partial charge is 0.463 e. The van der Waals surface area contributed by atoms with Gasteiger partial charge in [0.1, 0.15) is 11.9 Å². The molecule has 9 heteroatoms. The Kier molecular flexibility index (Phi) is 5.20. The number of ether oxygens (including phenoxy) is 1. The Morgan fingerprint density at radius 1 is 1.33 bits per heavy atom. The second-order valence-electron chi connectivity index (χ2n) is 6.17. The van der Waals surface area contributed by atoms with Crippen molar-refractivity contribution in [1.82, 2.24) is 14.8 Å². The number of esters is 1. The summed E-state index contributed by atoms with van der Waals surface area (Å²) in [4.78, 5) is 27.7. The second kappa shape index (κ2) is 7.56. The van der Waals surface area contributed by atoms with Crippen LogP contribution in [0.5, 0.6) is 0 Å². The predicted molar refractivity (Wildman–Crippen MR) is 98.2 cm³/mol. The highest BCUT2D eigenvalue weighted by Gasteiger charge is 2.35. The molecule has 0 aliphatic carbocycles. The number of nitro benzene ring substituents is 1. The molecule has 1 N–H and O–H groups in total. The molecule has 2 aromatic rings. The molecule has 142 valence electrons. The van der Waals surface area contributed by atoms with Crippen LogP contribution in [0, 0.1) is 17.0 Å². The lowest BCUT2D eigenvalue weighted by Gasteiger charge is -2.29. The molecule has 3 rings (SSSR count). The maximum atomic E-state index is 12.8. The number of carbonyl (C=O) groups excluding carboxylic acids is 1. The minimum absolute atomic E-state index is 0.0156. The topological polar surface area (TPSA) is 112 Å². The summed E-state index contributed by atoms with van der Waals surface area (Å²) in [5.74, 6) is 0.660. The number of non-ortho nitro benzene ring substituents is 1. The highest BCUT2D eigenvalue weighted by molar-refractivity contribution is 5.92. The number of carbonyl (C=O) groups is 1. The molecule has 0 saturated carbocycles. The minimum atomic E-state index is -0.566. The Morgan fingerprint density at radius 2 is 2.04 bits per heavy atom. The molecular weight excluding hydrogens is 350 g/mol. The van der Waals surface area contributed by atoms with E-state index in [0.717, 1.165) is 12.1 Å². The SMILES string of the molecule is CCCC1=C(C(=O)OCC)C(c2ccc([N+](=O)[O-])cc2)n2nc(C)nc2N1. The van der Waals surface area contributed by atoms with Gasteiger partial charge in [-0.15, -0.1) is 0 Å². The van der Waals surface area contributed by atoms with Gasteiger partial charge in [0.15, 0.2) is 0 Å². The van der Waals surface area contributed by atoms with Crippen molar-refractivity contribution in [3.8, 4) is 0 Å². The molecule has 1 atom stereocenters. The Bertz CT molecular complexity index is 901. The molecule has 9 nitrogen and oxygen atoms in total. The van der Waals surface area contributed by atoms with Gasteiger partial charge in [0.2, 0.25) is 5.95 Å². The van der Waals surface area contributed by atoms with Crippen molar-refractivity contribution >= 4 is 17.6 Å². The minimum Gasteiger partial charge on any atom is -0.463 e. The third-order valence-corrected chi connectivity index (χ3v) is 4.26. The average Bonchev–Trinajstić information content (AvgIpc) is 3.00. The van der Waals surface area contributed by atoms with E-state index in [9.17, 15) is 14.9 Å². The zero-order chi connectivity index (χ0) is 19.6. The van der Waals surface area contributed by atoms with Crippen LogP contribution in [-0.2, 0) is 9.53 Å². The summed E-state index contributed by atoms with van der Waals surface area (Å²) >= 11 is 0. The maximum Gasteiger partial charge on any atom is 0.338 e. The monoisotopic (exact) mass is 371 g/mol. The van der Waals surface area contributed by atoms with Gasteiger partial charge >= 0.3 is 5.97 Å². The van der Waals surface area contributed by atoms with Gasteiger partial charge in [-0.3, -0.25) is 10.1 Å². The summed E-state index contributed by atoms with van der Waals surface area (Å²) in [5, 5.41) is 18.6. The van der Waals surface area contributed by atoms with Crippen LogP contribution in [0.25, 0.3) is 0 Å². The molecule has 0 amide bonds. The van der Waals surface area contributed by atoms with Gasteiger partial charge in [-0.05, 0) is 38.0 Å². The van der Waals surface area contributed by atoms with Crippen LogP contribution in [0.3, 0.4) is 0 Å². The summed E-state index contributed by atoms with van der Waals surface area (Å²) in [6, 6.07) is 5.55. The fourth-order valence-corrected chi connectivity index (χ4v) is 3.16. The summed E-state index contributed by atoms with van der Waals surface area (Å²) < 4.78 is 6.91. The fourth-order valence-electron chi connectivity index (χ4n) is 3.16. The van der Waals surface area contributed by atoms with Crippen LogP contribution in [-0.4, -0.2) is 32.3 Å². The molecule has 1 aromatic heterocycles. The molecule has 1 aromatic carbocycles. The van der Waals surface area contributed by atoms with Crippen molar-refractivity contribution in [3.05, 3.63) is 57.0 Å². The van der Waals surface area contributed by atoms with E-state index < -0.39 is 16.9 Å². The third kappa shape index (κ3) is 3.53. The molecule has 0 saturated heterocycles. The number of aryl methyl sites for hydroxylation is 1. The smallest absolute Gasteiger partial charge is 0.338 e. The van der Waals surface area contributed by atoms with Crippen molar-refractivity contribution in [1.29, 1.82) is 0 Å². The van der Waals surface area contributed by atoms with Crippen molar-refractivity contribution < 1.29 is 14.5 Å². The number of fused-ring (bicyclic) bond motifs is 1. The van der Waals surface area contributed by atoms with E-state index in [4.69, 9.17) is 4.74 Å². The number of benzene rings is 1. The lowest BCUT2D eigenvalue weighted by atomic mass is 9.94. The maximum absolute atomic E-state index is 12.8. The molecule has 0 radical (unpaired) electrons. The highest BCUT2D eigenvalue weighted by Crippen LogP contribution is 2.37. The number of nitrogens with zero attached hydrogens (tertiary/aromatic N) is 4. The number of allylic oxidation sites excluding steroid dienone is 1. The van der Waals surface area contributed by atoms with E-state index in [1.807, 2.05) is 6.92 Å². The number of hydrogen-bond donors (Lipinski definition) is 1. The second-order valence-corrected chi connectivity index (χ2v) is 6.17. The van der Waals surface area contributed by atoms with Crippen LogP contribution in [0.2, 0.25) is 0 Å². The lowest BCUT2D eigenvalue weighted by molar-refractivity contribution is -0.384. The van der Waals surface area contributed by atoms with Crippen LogP contribution >= 0.6 is 0 Å². The third-order valence-electron chi connectivity index (χ3n) is 4.26. The predicted octanol–water partition coefficient (Wildman–Crippen LogP) is 3.13. The summed E-state index contributed by atoms with van der Waals surface area (Å²) in [6.07, 6.45) is 1.47. The van der Waals surface area contributed by atoms with E-state index in [2.05, 4.69) is 15.4 Å². The van der Waals surface area contributed by atoms with Crippen molar-refractivity contribution in [2.75, 3.05) is 11.9 Å². The Balaban J connectivity index is 2.17. The Morgan fingerprint density at radius 3 is 2.63 bits per heavy atom. The number of nitro groups is 1. The summed E-state index contributed by atoms with van der Waals surface area (Å²) in [6.45, 7) is 5.78. The number of hydrogen-bond acceptors (Lipinski definition) is 7. The molecule has 0 spiro atoms. The summed E-state index contributed by atoms with van der Waals surface area (Å²) in [5.41, 5.74) is 1.87. The fraction of sp³-hybridized carbons (Fsp3) is 0.389. The van der Waals surface area contributed by atoms with E-state index >= 15 is 0 Å². The van der Waals surface area contributed by atoms with Gasteiger partial charge < -0.3 is 10.1 Å². The first-order valence-electron chi connectivity index (χ1n) is 8.80. The molecule has 1 aliphatic rings. The molecule has 0 fully saturated rings. The van der Waals surface area contributed by atoms with Gasteiger partial charge in [0.05, 0.1) is 17.1 Å². The van der Waals surface area contributed by atoms with Gasteiger partial charge in [-0.2, -0.15) is 10.1 Å². The molecule has 1 aliphatic heterocycles. The number of rotatable bonds is 6. The van der Waals surface area contributed by atoms with Crippen molar-refractivity contribution in [3.63, 3.8) is 0 Å². The number of aromatic nitrogens is 3. The quantitative estimate of drug-likeness (QED) is 0.471. The van der Waals surface area contributed by atoms with Crippen molar-refractivity contribution in [2.24, 2.45) is 0 Å². The molecule has 27 heavy (non-hydrogen) atoms. The molecular formula is C18H21N5O4. The molecule has 2 heterocycles. The standard InChI is InChI=1S/C18H21N5O4/c1-4-6-14-15(17(24)27-5-2)16(22-18(20-14)19-11(3)21-22)12-7-9-13(10-8-12)23(25)26/h7-10,16H,4-6H2,1-3H3,(H,19,20,21). The van der Waals surface area contributed by atoms with Gasteiger partial charge in [-0.1, -0.05) is 13.3 Å². The van der Waals surface area contributed by atoms with Gasteiger partial charge in [0, 0.05) is 17.8 Å². The van der Waals surface area contributed by atoms with Crippen LogP contribution in [0.1, 0.15) is 44.1 Å². The van der Waals surface area contributed by atoms with E-state index in [0.29, 0.717) is 29.3 Å². The van der Waals surface area contributed by atoms with Gasteiger partial charge in [0.25, 0.3) is 5.69 Å². The lowest BCUT2D eigenvalue weighted by Crippen LogP contribution is -2.30. The Labute approximate surface area is 156 Å². The van der Waals surface area contributed by atoms with Crippen LogP contribution < -0.4 is 5.32 Å². The molecule has 1 unspecified atom stereocenters. The normalized spacial score (nSPS) is 15.9.